The molecule has 0 spiro atoms. The van der Waals surface area contributed by atoms with Gasteiger partial charge in [0.2, 0.25) is 0 Å². The third-order valence-corrected chi connectivity index (χ3v) is 7.45. The van der Waals surface area contributed by atoms with E-state index in [2.05, 4.69) is 45.5 Å². The van der Waals surface area contributed by atoms with Crippen LogP contribution in [0.2, 0.25) is 0 Å². The number of amides is 2. The second kappa shape index (κ2) is 7.90. The molecule has 0 radical (unpaired) electrons. The number of fused-ring (bicyclic) bond motifs is 6. The molecule has 1 aromatic carbocycles. The molecule has 3 saturated heterocycles. The first kappa shape index (κ1) is 18.2. The van der Waals surface area contributed by atoms with Crippen molar-refractivity contribution in [3.05, 3.63) is 47.5 Å². The Balaban J connectivity index is 1.27. The van der Waals surface area contributed by atoms with Crippen LogP contribution in [0.5, 0.6) is 0 Å². The number of carbonyl (C=O) groups excluding carboxylic acids is 1. The van der Waals surface area contributed by atoms with Crippen LogP contribution >= 0.6 is 0 Å². The van der Waals surface area contributed by atoms with Gasteiger partial charge < -0.3 is 10.2 Å². The number of benzene rings is 1. The van der Waals surface area contributed by atoms with Crippen molar-refractivity contribution in [1.29, 1.82) is 0 Å². The molecule has 4 heteroatoms. The minimum Gasteiger partial charge on any atom is -0.338 e. The fraction of sp³-hybridized carbons (Fsp3) is 0.625. The van der Waals surface area contributed by atoms with Crippen LogP contribution in [0.4, 0.5) is 4.79 Å². The lowest BCUT2D eigenvalue weighted by Crippen LogP contribution is -2.61. The van der Waals surface area contributed by atoms with Crippen molar-refractivity contribution >= 4 is 6.03 Å². The average molecular weight is 380 g/mol. The van der Waals surface area contributed by atoms with E-state index in [-0.39, 0.29) is 6.03 Å². The Morgan fingerprint density at radius 1 is 1.11 bits per heavy atom. The van der Waals surface area contributed by atoms with Gasteiger partial charge in [-0.3, -0.25) is 4.90 Å². The van der Waals surface area contributed by atoms with Crippen molar-refractivity contribution in [2.45, 2.75) is 57.0 Å². The van der Waals surface area contributed by atoms with Gasteiger partial charge in [-0.2, -0.15) is 0 Å². The maximum absolute atomic E-state index is 13.1. The summed E-state index contributed by atoms with van der Waals surface area (Å²) in [4.78, 5) is 18.0. The Labute approximate surface area is 169 Å². The maximum Gasteiger partial charge on any atom is 0.317 e. The molecule has 150 valence electrons. The van der Waals surface area contributed by atoms with E-state index in [0.29, 0.717) is 18.5 Å². The normalized spacial score (nSPS) is 32.1. The van der Waals surface area contributed by atoms with E-state index < -0.39 is 0 Å². The molecule has 28 heavy (non-hydrogen) atoms. The summed E-state index contributed by atoms with van der Waals surface area (Å²) in [5, 5.41) is 3.21. The van der Waals surface area contributed by atoms with Gasteiger partial charge >= 0.3 is 6.03 Å². The summed E-state index contributed by atoms with van der Waals surface area (Å²) in [6.07, 6.45) is 11.2. The van der Waals surface area contributed by atoms with E-state index in [9.17, 15) is 4.79 Å². The minimum atomic E-state index is 0.144. The highest BCUT2D eigenvalue weighted by atomic mass is 16.2. The Morgan fingerprint density at radius 3 is 2.89 bits per heavy atom. The highest BCUT2D eigenvalue weighted by Gasteiger charge is 2.46. The lowest BCUT2D eigenvalue weighted by atomic mass is 9.68. The number of nitrogens with one attached hydrogen (secondary N) is 1. The largest absolute Gasteiger partial charge is 0.338 e. The van der Waals surface area contributed by atoms with Gasteiger partial charge in [-0.1, -0.05) is 48.4 Å². The predicted molar refractivity (Wildman–Crippen MR) is 112 cm³/mol. The Bertz CT molecular complexity index is 731. The van der Waals surface area contributed by atoms with Crippen LogP contribution in [-0.4, -0.2) is 54.1 Å². The maximum atomic E-state index is 13.1. The zero-order valence-corrected chi connectivity index (χ0v) is 16.9. The Morgan fingerprint density at radius 2 is 2.00 bits per heavy atom. The number of carbonyl (C=O) groups is 1. The molecule has 0 unspecified atom stereocenters. The van der Waals surface area contributed by atoms with Gasteiger partial charge in [-0.15, -0.1) is 0 Å². The highest BCUT2D eigenvalue weighted by Crippen LogP contribution is 2.44. The number of nitrogens with zero attached hydrogens (tertiary/aromatic N) is 2. The lowest BCUT2D eigenvalue weighted by Gasteiger charge is -2.54. The fourth-order valence-corrected chi connectivity index (χ4v) is 6.26. The topological polar surface area (TPSA) is 35.6 Å². The van der Waals surface area contributed by atoms with E-state index in [1.807, 2.05) is 6.07 Å². The zero-order chi connectivity index (χ0) is 18.9. The molecule has 3 heterocycles. The third-order valence-electron chi connectivity index (χ3n) is 7.45. The first-order valence-electron chi connectivity index (χ1n) is 11.3. The van der Waals surface area contributed by atoms with Crippen LogP contribution in [0.15, 0.2) is 42.0 Å². The van der Waals surface area contributed by atoms with Crippen molar-refractivity contribution < 1.29 is 4.79 Å². The first-order valence-corrected chi connectivity index (χ1v) is 11.3. The monoisotopic (exact) mass is 379 g/mol. The summed E-state index contributed by atoms with van der Waals surface area (Å²) in [6.45, 7) is 4.07. The van der Waals surface area contributed by atoms with Gasteiger partial charge in [-0.25, -0.2) is 4.79 Å². The molecular weight excluding hydrogens is 346 g/mol. The molecule has 0 aromatic heterocycles. The summed E-state index contributed by atoms with van der Waals surface area (Å²) >= 11 is 0. The number of likely N-dealkylation sites (tertiary alicyclic amines) is 1. The smallest absolute Gasteiger partial charge is 0.317 e. The van der Waals surface area contributed by atoms with Gasteiger partial charge in [0.1, 0.15) is 0 Å². The molecule has 2 bridgehead atoms. The number of hydrogen-bond donors (Lipinski definition) is 1. The van der Waals surface area contributed by atoms with E-state index in [1.165, 1.54) is 50.8 Å². The van der Waals surface area contributed by atoms with Crippen molar-refractivity contribution in [2.24, 2.45) is 11.8 Å². The summed E-state index contributed by atoms with van der Waals surface area (Å²) in [6, 6.07) is 11.7. The molecule has 0 saturated carbocycles. The number of piperidine rings is 3. The Hall–Kier alpha value is -1.81. The molecule has 4 atom stereocenters. The van der Waals surface area contributed by atoms with E-state index in [0.717, 1.165) is 31.3 Å². The second-order valence-electron chi connectivity index (χ2n) is 9.17. The molecule has 2 amide bonds. The molecule has 3 fully saturated rings. The van der Waals surface area contributed by atoms with Gasteiger partial charge in [0, 0.05) is 25.7 Å². The number of urea groups is 1. The number of hydrogen-bond acceptors (Lipinski definition) is 2. The van der Waals surface area contributed by atoms with Crippen LogP contribution < -0.4 is 5.32 Å². The fourth-order valence-electron chi connectivity index (χ4n) is 6.26. The van der Waals surface area contributed by atoms with E-state index in [1.54, 1.807) is 5.57 Å². The third kappa shape index (κ3) is 3.47. The van der Waals surface area contributed by atoms with E-state index >= 15 is 0 Å². The van der Waals surface area contributed by atoms with Gasteiger partial charge in [0.15, 0.2) is 0 Å². The van der Waals surface area contributed by atoms with Crippen LogP contribution in [0.25, 0.3) is 0 Å². The van der Waals surface area contributed by atoms with Crippen molar-refractivity contribution in [3.63, 3.8) is 0 Å². The second-order valence-corrected chi connectivity index (χ2v) is 9.17. The summed E-state index contributed by atoms with van der Waals surface area (Å²) in [7, 11) is 0. The molecule has 1 aromatic rings. The molecule has 5 rings (SSSR count). The van der Waals surface area contributed by atoms with Gasteiger partial charge in [0.25, 0.3) is 0 Å². The minimum absolute atomic E-state index is 0.144. The quantitative estimate of drug-likeness (QED) is 0.810. The highest BCUT2D eigenvalue weighted by molar-refractivity contribution is 5.75. The summed E-state index contributed by atoms with van der Waals surface area (Å²) in [5.41, 5.74) is 2.85. The van der Waals surface area contributed by atoms with Crippen LogP contribution in [-0.2, 0) is 6.42 Å². The zero-order valence-electron chi connectivity index (χ0n) is 16.9. The number of rotatable bonds is 3. The van der Waals surface area contributed by atoms with Gasteiger partial charge in [-0.05, 0) is 62.5 Å². The van der Waals surface area contributed by atoms with Crippen molar-refractivity contribution in [3.8, 4) is 0 Å². The molecule has 1 aliphatic carbocycles. The van der Waals surface area contributed by atoms with Crippen LogP contribution in [0.1, 0.15) is 44.1 Å². The summed E-state index contributed by atoms with van der Waals surface area (Å²) < 4.78 is 0. The molecule has 4 nitrogen and oxygen atoms in total. The average Bonchev–Trinajstić information content (AvgIpc) is 2.74. The first-order chi connectivity index (χ1) is 13.8. The SMILES string of the molecule is O=C(NCCc1ccccc1)N1CCCC2=C[C@H]3C[C@H](CN4CCCC[C@H]34)[C@H]21. The van der Waals surface area contributed by atoms with Gasteiger partial charge in [0.05, 0.1) is 6.04 Å². The molecule has 4 aliphatic rings. The predicted octanol–water partition coefficient (Wildman–Crippen LogP) is 3.83. The van der Waals surface area contributed by atoms with Crippen molar-refractivity contribution in [1.82, 2.24) is 15.1 Å². The van der Waals surface area contributed by atoms with Crippen molar-refractivity contribution in [2.75, 3.05) is 26.2 Å². The summed E-state index contributed by atoms with van der Waals surface area (Å²) in [5.74, 6) is 1.35. The molecular formula is C24H33N3O. The Kier molecular flexibility index (Phi) is 5.15. The lowest BCUT2D eigenvalue weighted by molar-refractivity contribution is 0.00793. The van der Waals surface area contributed by atoms with Crippen LogP contribution in [0, 0.1) is 11.8 Å². The molecule has 3 aliphatic heterocycles. The molecule has 1 N–H and O–H groups in total. The van der Waals surface area contributed by atoms with Crippen LogP contribution in [0.3, 0.4) is 0 Å². The van der Waals surface area contributed by atoms with E-state index in [4.69, 9.17) is 0 Å². The standard InChI is InChI=1S/C24H33N3O/c28-24(25-12-11-18-7-2-1-3-8-18)27-14-6-9-19-15-20-16-21(23(19)27)17-26-13-5-4-10-22(20)26/h1-3,7-8,15,20-23H,4-6,9-14,16-17H2,(H,25,28)/t20-,21+,22+,23-/m0/s1.